The molecule has 5 rings (SSSR count). The minimum absolute atomic E-state index is 0.167. The molecule has 0 bridgehead atoms. The Labute approximate surface area is 201 Å². The minimum Gasteiger partial charge on any atom is -0.497 e. The molecular weight excluding hydrogens is 448 g/mol. The van der Waals surface area contributed by atoms with Crippen molar-refractivity contribution < 1.29 is 4.74 Å². The Morgan fingerprint density at radius 1 is 0.794 bits per heavy atom. The average Bonchev–Trinajstić information content (AvgIpc) is 2.84. The van der Waals surface area contributed by atoms with Gasteiger partial charge in [-0.15, -0.1) is 0 Å². The number of fused-ring (bicyclic) bond motifs is 1. The number of methoxy groups -OCH3 is 1. The largest absolute Gasteiger partial charge is 0.497 e. The highest BCUT2D eigenvalue weighted by Crippen LogP contribution is 2.31. The highest BCUT2D eigenvalue weighted by Gasteiger charge is 2.10. The summed E-state index contributed by atoms with van der Waals surface area (Å²) in [6.07, 6.45) is 0. The van der Waals surface area contributed by atoms with Gasteiger partial charge in [0.05, 0.1) is 24.0 Å². The van der Waals surface area contributed by atoms with Gasteiger partial charge in [0, 0.05) is 39.0 Å². The summed E-state index contributed by atoms with van der Waals surface area (Å²) in [6, 6.07) is 24.6. The van der Waals surface area contributed by atoms with Gasteiger partial charge in [-0.25, -0.2) is 9.97 Å². The molecule has 0 radical (unpaired) electrons. The van der Waals surface area contributed by atoms with Crippen molar-refractivity contribution in [3.63, 3.8) is 0 Å². The van der Waals surface area contributed by atoms with Crippen molar-refractivity contribution in [1.29, 1.82) is 0 Å². The number of anilines is 4. The number of ether oxygens (including phenoxy) is 1. The summed E-state index contributed by atoms with van der Waals surface area (Å²) in [5.41, 5.74) is 17.9. The van der Waals surface area contributed by atoms with Crippen LogP contribution in [0.1, 0.15) is 0 Å². The standard InChI is InChI=1S/C26H21ClN6O/c1-34-19-4-2-3-16(11-19)23-13-21(28)20-12-18(9-10-22(20)31-23)30-25-14-24(32-26(29)33-25)15-5-7-17(27)8-6-15/h2-14H,1H3,(H2,28,31)(H3,29,30,32,33). The molecule has 2 aromatic heterocycles. The number of nitrogens with one attached hydrogen (secondary N) is 1. The third-order valence-corrected chi connectivity index (χ3v) is 5.61. The molecule has 0 fully saturated rings. The maximum Gasteiger partial charge on any atom is 0.222 e. The summed E-state index contributed by atoms with van der Waals surface area (Å²) in [6.45, 7) is 0. The highest BCUT2D eigenvalue weighted by atomic mass is 35.5. The number of benzene rings is 3. The van der Waals surface area contributed by atoms with Crippen LogP contribution in [0.3, 0.4) is 0 Å². The molecule has 2 heterocycles. The number of nitrogen functional groups attached to an aromatic ring is 2. The van der Waals surface area contributed by atoms with E-state index in [4.69, 9.17) is 32.8 Å². The molecule has 7 nitrogen and oxygen atoms in total. The summed E-state index contributed by atoms with van der Waals surface area (Å²) in [7, 11) is 1.64. The van der Waals surface area contributed by atoms with Crippen LogP contribution < -0.4 is 21.5 Å². The van der Waals surface area contributed by atoms with Crippen LogP contribution in [0.25, 0.3) is 33.4 Å². The van der Waals surface area contributed by atoms with E-state index in [2.05, 4.69) is 15.3 Å². The molecule has 5 N–H and O–H groups in total. The lowest BCUT2D eigenvalue weighted by Crippen LogP contribution is -2.02. The van der Waals surface area contributed by atoms with Crippen LogP contribution in [-0.4, -0.2) is 22.1 Å². The fourth-order valence-corrected chi connectivity index (χ4v) is 3.83. The van der Waals surface area contributed by atoms with Crippen LogP contribution in [0.4, 0.5) is 23.1 Å². The predicted molar refractivity (Wildman–Crippen MR) is 138 cm³/mol. The first-order valence-corrected chi connectivity index (χ1v) is 10.9. The van der Waals surface area contributed by atoms with Gasteiger partial charge in [-0.1, -0.05) is 35.9 Å². The van der Waals surface area contributed by atoms with Crippen LogP contribution in [-0.2, 0) is 0 Å². The normalized spacial score (nSPS) is 10.9. The molecule has 0 aliphatic heterocycles. The first-order chi connectivity index (χ1) is 16.5. The van der Waals surface area contributed by atoms with Crippen molar-refractivity contribution in [2.24, 2.45) is 0 Å². The zero-order valence-corrected chi connectivity index (χ0v) is 19.0. The predicted octanol–water partition coefficient (Wildman–Crippen LogP) is 5.93. The number of hydrogen-bond acceptors (Lipinski definition) is 7. The molecule has 8 heteroatoms. The van der Waals surface area contributed by atoms with Gasteiger partial charge in [-0.05, 0) is 48.5 Å². The maximum absolute atomic E-state index is 6.41. The summed E-state index contributed by atoms with van der Waals surface area (Å²) in [5, 5.41) is 4.77. The van der Waals surface area contributed by atoms with E-state index in [1.807, 2.05) is 66.7 Å². The topological polar surface area (TPSA) is 112 Å². The molecule has 34 heavy (non-hydrogen) atoms. The zero-order chi connectivity index (χ0) is 23.7. The lowest BCUT2D eigenvalue weighted by molar-refractivity contribution is 0.415. The number of nitrogens with two attached hydrogens (primary N) is 2. The van der Waals surface area contributed by atoms with Gasteiger partial charge in [0.1, 0.15) is 11.6 Å². The van der Waals surface area contributed by atoms with Crippen molar-refractivity contribution in [2.75, 3.05) is 23.9 Å². The van der Waals surface area contributed by atoms with Gasteiger partial charge >= 0.3 is 0 Å². The lowest BCUT2D eigenvalue weighted by Gasteiger charge is -2.12. The number of halogens is 1. The quantitative estimate of drug-likeness (QED) is 0.293. The molecular formula is C26H21ClN6O. The van der Waals surface area contributed by atoms with Crippen LogP contribution in [0.15, 0.2) is 78.9 Å². The summed E-state index contributed by atoms with van der Waals surface area (Å²) < 4.78 is 5.32. The lowest BCUT2D eigenvalue weighted by atomic mass is 10.1. The summed E-state index contributed by atoms with van der Waals surface area (Å²) >= 11 is 6.00. The third-order valence-electron chi connectivity index (χ3n) is 5.36. The molecule has 5 aromatic rings. The Morgan fingerprint density at radius 3 is 2.38 bits per heavy atom. The number of pyridine rings is 1. The van der Waals surface area contributed by atoms with Gasteiger partial charge in [0.15, 0.2) is 0 Å². The second-order valence-corrected chi connectivity index (χ2v) is 8.13. The average molecular weight is 469 g/mol. The molecule has 0 saturated carbocycles. The van der Waals surface area contributed by atoms with Crippen molar-refractivity contribution in [3.05, 3.63) is 83.9 Å². The van der Waals surface area contributed by atoms with Gasteiger partial charge in [0.25, 0.3) is 0 Å². The second-order valence-electron chi connectivity index (χ2n) is 7.69. The molecule has 0 atom stereocenters. The van der Waals surface area contributed by atoms with E-state index >= 15 is 0 Å². The van der Waals surface area contributed by atoms with Crippen molar-refractivity contribution in [2.45, 2.75) is 0 Å². The van der Waals surface area contributed by atoms with E-state index in [0.29, 0.717) is 22.2 Å². The number of aromatic nitrogens is 3. The Morgan fingerprint density at radius 2 is 1.59 bits per heavy atom. The Bertz CT molecular complexity index is 1500. The van der Waals surface area contributed by atoms with E-state index in [9.17, 15) is 0 Å². The molecule has 3 aromatic carbocycles. The number of nitrogens with zero attached hydrogens (tertiary/aromatic N) is 3. The first kappa shape index (κ1) is 21.5. The fraction of sp³-hybridized carbons (Fsp3) is 0.0385. The van der Waals surface area contributed by atoms with E-state index in [1.54, 1.807) is 19.2 Å². The van der Waals surface area contributed by atoms with Crippen LogP contribution in [0, 0.1) is 0 Å². The van der Waals surface area contributed by atoms with Gasteiger partial charge < -0.3 is 21.5 Å². The van der Waals surface area contributed by atoms with Crippen LogP contribution >= 0.6 is 11.6 Å². The number of rotatable bonds is 5. The smallest absolute Gasteiger partial charge is 0.222 e. The summed E-state index contributed by atoms with van der Waals surface area (Å²) in [5.74, 6) is 1.50. The molecule has 0 spiro atoms. The Hall–Kier alpha value is -4.36. The van der Waals surface area contributed by atoms with Gasteiger partial charge in [-0.3, -0.25) is 0 Å². The molecule has 0 amide bonds. The van der Waals surface area contributed by atoms with E-state index < -0.39 is 0 Å². The van der Waals surface area contributed by atoms with Crippen molar-refractivity contribution >= 4 is 45.6 Å². The van der Waals surface area contributed by atoms with E-state index in [1.165, 1.54) is 0 Å². The minimum atomic E-state index is 0.167. The van der Waals surface area contributed by atoms with Crippen molar-refractivity contribution in [3.8, 4) is 28.3 Å². The van der Waals surface area contributed by atoms with Crippen LogP contribution in [0.2, 0.25) is 5.02 Å². The molecule has 0 saturated heterocycles. The fourth-order valence-electron chi connectivity index (χ4n) is 3.71. The van der Waals surface area contributed by atoms with E-state index in [0.717, 1.165) is 39.2 Å². The second kappa shape index (κ2) is 8.88. The van der Waals surface area contributed by atoms with Gasteiger partial charge in [0.2, 0.25) is 5.95 Å². The Kier molecular flexibility index (Phi) is 5.61. The molecule has 0 unspecified atom stereocenters. The monoisotopic (exact) mass is 468 g/mol. The maximum atomic E-state index is 6.41. The summed E-state index contributed by atoms with van der Waals surface area (Å²) in [4.78, 5) is 13.4. The van der Waals surface area contributed by atoms with Gasteiger partial charge in [-0.2, -0.15) is 4.98 Å². The Balaban J connectivity index is 1.47. The third kappa shape index (κ3) is 4.42. The first-order valence-electron chi connectivity index (χ1n) is 10.5. The van der Waals surface area contributed by atoms with Crippen LogP contribution in [0.5, 0.6) is 5.75 Å². The molecule has 168 valence electrons. The van der Waals surface area contributed by atoms with E-state index in [-0.39, 0.29) is 5.95 Å². The van der Waals surface area contributed by atoms with Crippen molar-refractivity contribution in [1.82, 2.24) is 15.0 Å². The zero-order valence-electron chi connectivity index (χ0n) is 18.3. The molecule has 0 aliphatic carbocycles. The highest BCUT2D eigenvalue weighted by molar-refractivity contribution is 6.30. The SMILES string of the molecule is COc1cccc(-c2cc(N)c3cc(Nc4cc(-c5ccc(Cl)cc5)nc(N)n4)ccc3n2)c1. The number of hydrogen-bond donors (Lipinski definition) is 3. The molecule has 0 aliphatic rings.